The van der Waals surface area contributed by atoms with Crippen LogP contribution < -0.4 is 5.32 Å². The summed E-state index contributed by atoms with van der Waals surface area (Å²) in [7, 11) is 0. The minimum absolute atomic E-state index is 0.998. The highest BCUT2D eigenvalue weighted by Gasteiger charge is 2.11. The van der Waals surface area contributed by atoms with Crippen molar-refractivity contribution in [2.45, 2.75) is 6.54 Å². The van der Waals surface area contributed by atoms with Crippen LogP contribution in [0.2, 0.25) is 0 Å². The smallest absolute Gasteiger partial charge is 0.108 e. The molecule has 0 aromatic carbocycles. The molecule has 0 bridgehead atoms. The Labute approximate surface area is 90.3 Å². The highest BCUT2D eigenvalue weighted by Crippen LogP contribution is 2.20. The van der Waals surface area contributed by atoms with Crippen molar-refractivity contribution in [2.24, 2.45) is 0 Å². The van der Waals surface area contributed by atoms with Gasteiger partial charge in [-0.3, -0.25) is 4.90 Å². The molecule has 0 aliphatic carbocycles. The Morgan fingerprint density at radius 2 is 2.31 bits per heavy atom. The van der Waals surface area contributed by atoms with Crippen LogP contribution in [0.25, 0.3) is 0 Å². The predicted octanol–water partition coefficient (Wildman–Crippen LogP) is 1.31. The van der Waals surface area contributed by atoms with E-state index < -0.39 is 0 Å². The molecule has 0 radical (unpaired) electrons. The van der Waals surface area contributed by atoms with Gasteiger partial charge in [0, 0.05) is 26.2 Å². The molecule has 1 saturated heterocycles. The van der Waals surface area contributed by atoms with Crippen molar-refractivity contribution in [3.8, 4) is 0 Å². The molecular weight excluding hydrogens is 250 g/mol. The van der Waals surface area contributed by atoms with Gasteiger partial charge in [0.25, 0.3) is 0 Å². The summed E-state index contributed by atoms with van der Waals surface area (Å²) in [6, 6.07) is 0. The molecule has 0 amide bonds. The normalized spacial score (nSPS) is 19.2. The maximum atomic E-state index is 4.32. The van der Waals surface area contributed by atoms with Crippen LogP contribution in [0.4, 0.5) is 0 Å². The van der Waals surface area contributed by atoms with Crippen molar-refractivity contribution in [1.29, 1.82) is 0 Å². The van der Waals surface area contributed by atoms with Crippen molar-refractivity contribution in [3.05, 3.63) is 15.0 Å². The van der Waals surface area contributed by atoms with E-state index in [9.17, 15) is 0 Å². The number of aromatic nitrogens is 1. The number of nitrogens with one attached hydrogen (secondary N) is 1. The van der Waals surface area contributed by atoms with Crippen LogP contribution in [-0.2, 0) is 6.54 Å². The zero-order chi connectivity index (χ0) is 9.10. The number of halogens is 1. The average molecular weight is 262 g/mol. The molecule has 1 aromatic rings. The summed E-state index contributed by atoms with van der Waals surface area (Å²) in [6.07, 6.45) is 1.88. The van der Waals surface area contributed by atoms with Crippen LogP contribution in [0, 0.1) is 0 Å². The monoisotopic (exact) mass is 261 g/mol. The van der Waals surface area contributed by atoms with Crippen LogP contribution in [0.1, 0.15) is 5.01 Å². The second-order valence-electron chi connectivity index (χ2n) is 3.08. The van der Waals surface area contributed by atoms with Crippen molar-refractivity contribution < 1.29 is 0 Å². The first kappa shape index (κ1) is 9.58. The third-order valence-electron chi connectivity index (χ3n) is 2.09. The summed E-state index contributed by atoms with van der Waals surface area (Å²) in [6.45, 7) is 5.48. The highest BCUT2D eigenvalue weighted by molar-refractivity contribution is 9.11. The van der Waals surface area contributed by atoms with Crippen LogP contribution in [0.3, 0.4) is 0 Å². The fourth-order valence-corrected chi connectivity index (χ4v) is 2.77. The molecule has 13 heavy (non-hydrogen) atoms. The van der Waals surface area contributed by atoms with Gasteiger partial charge < -0.3 is 5.32 Å². The van der Waals surface area contributed by atoms with Gasteiger partial charge in [-0.15, -0.1) is 11.3 Å². The molecular formula is C8H12BrN3S. The molecule has 72 valence electrons. The maximum absolute atomic E-state index is 4.32. The molecule has 3 nitrogen and oxygen atoms in total. The number of thiazole rings is 1. The molecule has 2 heterocycles. The molecule has 1 aliphatic heterocycles. The van der Waals surface area contributed by atoms with Gasteiger partial charge >= 0.3 is 0 Å². The fourth-order valence-electron chi connectivity index (χ4n) is 1.42. The van der Waals surface area contributed by atoms with Crippen LogP contribution in [0.15, 0.2) is 9.98 Å². The second kappa shape index (κ2) is 4.50. The van der Waals surface area contributed by atoms with E-state index in [4.69, 9.17) is 0 Å². The third-order valence-corrected chi connectivity index (χ3v) is 3.55. The lowest BCUT2D eigenvalue weighted by molar-refractivity contribution is 0.233. The Balaban J connectivity index is 1.89. The van der Waals surface area contributed by atoms with Gasteiger partial charge in [0.1, 0.15) is 5.01 Å². The van der Waals surface area contributed by atoms with E-state index in [2.05, 4.69) is 31.1 Å². The van der Waals surface area contributed by atoms with Gasteiger partial charge in [-0.05, 0) is 15.9 Å². The van der Waals surface area contributed by atoms with Crippen molar-refractivity contribution in [2.75, 3.05) is 26.2 Å². The maximum Gasteiger partial charge on any atom is 0.108 e. The van der Waals surface area contributed by atoms with Gasteiger partial charge in [0.2, 0.25) is 0 Å². The van der Waals surface area contributed by atoms with Gasteiger partial charge in [-0.2, -0.15) is 0 Å². The SMILES string of the molecule is Brc1cnc(CN2CCNCC2)s1. The second-order valence-corrected chi connectivity index (χ2v) is 5.58. The first-order valence-electron chi connectivity index (χ1n) is 4.38. The van der Waals surface area contributed by atoms with E-state index in [-0.39, 0.29) is 0 Å². The summed E-state index contributed by atoms with van der Waals surface area (Å²) in [5, 5.41) is 4.54. The fraction of sp³-hybridized carbons (Fsp3) is 0.625. The lowest BCUT2D eigenvalue weighted by Crippen LogP contribution is -2.42. The summed E-state index contributed by atoms with van der Waals surface area (Å²) >= 11 is 5.15. The zero-order valence-corrected chi connectivity index (χ0v) is 9.70. The molecule has 5 heteroatoms. The molecule has 1 aliphatic rings. The molecule has 2 rings (SSSR count). The van der Waals surface area contributed by atoms with E-state index in [0.29, 0.717) is 0 Å². The van der Waals surface area contributed by atoms with Crippen LogP contribution in [-0.4, -0.2) is 36.1 Å². The summed E-state index contributed by atoms with van der Waals surface area (Å²) in [5.41, 5.74) is 0. The first-order chi connectivity index (χ1) is 6.34. The quantitative estimate of drug-likeness (QED) is 0.871. The van der Waals surface area contributed by atoms with Gasteiger partial charge in [0.05, 0.1) is 16.5 Å². The molecule has 1 aromatic heterocycles. The third kappa shape index (κ3) is 2.74. The van der Waals surface area contributed by atoms with Gasteiger partial charge in [-0.1, -0.05) is 0 Å². The van der Waals surface area contributed by atoms with Crippen LogP contribution in [0.5, 0.6) is 0 Å². The Hall–Kier alpha value is 0.0300. The number of rotatable bonds is 2. The number of hydrogen-bond donors (Lipinski definition) is 1. The van der Waals surface area contributed by atoms with E-state index in [1.54, 1.807) is 11.3 Å². The van der Waals surface area contributed by atoms with E-state index in [1.807, 2.05) is 6.20 Å². The Morgan fingerprint density at radius 3 is 2.92 bits per heavy atom. The molecule has 0 atom stereocenters. The topological polar surface area (TPSA) is 28.2 Å². The summed E-state index contributed by atoms with van der Waals surface area (Å²) in [5.74, 6) is 0. The van der Waals surface area contributed by atoms with Crippen molar-refractivity contribution >= 4 is 27.3 Å². The zero-order valence-electron chi connectivity index (χ0n) is 7.29. The standard InChI is InChI=1S/C8H12BrN3S/c9-7-5-11-8(13-7)6-12-3-1-10-2-4-12/h5,10H,1-4,6H2. The lowest BCUT2D eigenvalue weighted by atomic mass is 10.4. The molecule has 0 saturated carbocycles. The number of piperazine rings is 1. The lowest BCUT2D eigenvalue weighted by Gasteiger charge is -2.25. The summed E-state index contributed by atoms with van der Waals surface area (Å²) < 4.78 is 1.12. The minimum Gasteiger partial charge on any atom is -0.314 e. The first-order valence-corrected chi connectivity index (χ1v) is 5.99. The van der Waals surface area contributed by atoms with Crippen LogP contribution >= 0.6 is 27.3 Å². The molecule has 1 fully saturated rings. The summed E-state index contributed by atoms with van der Waals surface area (Å²) in [4.78, 5) is 6.75. The molecule has 0 spiro atoms. The predicted molar refractivity (Wildman–Crippen MR) is 58.0 cm³/mol. The molecule has 0 unspecified atom stereocenters. The average Bonchev–Trinajstić information content (AvgIpc) is 2.53. The Morgan fingerprint density at radius 1 is 1.54 bits per heavy atom. The largest absolute Gasteiger partial charge is 0.314 e. The van der Waals surface area contributed by atoms with Gasteiger partial charge in [-0.25, -0.2) is 4.98 Å². The number of hydrogen-bond acceptors (Lipinski definition) is 4. The Bertz CT molecular complexity index is 270. The van der Waals surface area contributed by atoms with Gasteiger partial charge in [0.15, 0.2) is 0 Å². The highest BCUT2D eigenvalue weighted by atomic mass is 79.9. The Kier molecular flexibility index (Phi) is 3.32. The van der Waals surface area contributed by atoms with E-state index in [1.165, 1.54) is 5.01 Å². The number of nitrogens with zero attached hydrogens (tertiary/aromatic N) is 2. The van der Waals surface area contributed by atoms with Crippen molar-refractivity contribution in [1.82, 2.24) is 15.2 Å². The minimum atomic E-state index is 0.998. The van der Waals surface area contributed by atoms with E-state index >= 15 is 0 Å². The molecule has 1 N–H and O–H groups in total. The van der Waals surface area contributed by atoms with E-state index in [0.717, 1.165) is 36.5 Å². The van der Waals surface area contributed by atoms with Crippen molar-refractivity contribution in [3.63, 3.8) is 0 Å².